The van der Waals surface area contributed by atoms with Crippen LogP contribution in [0, 0.1) is 5.82 Å². The maximum Gasteiger partial charge on any atom is 0.227 e. The van der Waals surface area contributed by atoms with Gasteiger partial charge in [-0.25, -0.2) is 9.37 Å². The molecule has 3 aliphatic rings. The summed E-state index contributed by atoms with van der Waals surface area (Å²) in [6, 6.07) is 17.7. The molecule has 1 N–H and O–H groups in total. The lowest BCUT2D eigenvalue weighted by atomic mass is 9.85. The van der Waals surface area contributed by atoms with E-state index in [0.29, 0.717) is 18.3 Å². The number of halogens is 3. The van der Waals surface area contributed by atoms with Crippen molar-refractivity contribution in [1.29, 1.82) is 0 Å². The number of hydrogen-bond acceptors (Lipinski definition) is 9. The van der Waals surface area contributed by atoms with Gasteiger partial charge in [0.05, 0.1) is 48.1 Å². The number of carbonyl (C=O) groups excluding carboxylic acids is 3. The molecule has 312 valence electrons. The molecule has 1 aromatic heterocycles. The number of piperidine rings is 1. The third kappa shape index (κ3) is 9.08. The smallest absolute Gasteiger partial charge is 0.227 e. The van der Waals surface area contributed by atoms with E-state index in [0.717, 1.165) is 116 Å². The van der Waals surface area contributed by atoms with Gasteiger partial charge in [0.15, 0.2) is 6.29 Å². The minimum Gasteiger partial charge on any atom is -0.369 e. The predicted molar refractivity (Wildman–Crippen MR) is 234 cm³/mol. The topological polar surface area (TPSA) is 114 Å². The van der Waals surface area contributed by atoms with Gasteiger partial charge in [-0.15, -0.1) is 0 Å². The number of alkyl halides is 1. The molecule has 3 aromatic carbocycles. The van der Waals surface area contributed by atoms with Gasteiger partial charge in [0.2, 0.25) is 5.91 Å². The zero-order chi connectivity index (χ0) is 42.3. The monoisotopic (exact) mass is 870 g/mol. The Bertz CT molecular complexity index is 2150. The van der Waals surface area contributed by atoms with Gasteiger partial charge < -0.3 is 19.9 Å². The normalized spacial score (nSPS) is 17.9. The number of amidine groups is 1. The molecule has 0 aliphatic carbocycles. The van der Waals surface area contributed by atoms with Crippen molar-refractivity contribution in [1.82, 2.24) is 20.2 Å². The summed E-state index contributed by atoms with van der Waals surface area (Å²) in [5.41, 5.74) is 6.64. The van der Waals surface area contributed by atoms with E-state index in [1.165, 1.54) is 12.6 Å². The Morgan fingerprint density at radius 2 is 1.71 bits per heavy atom. The fraction of sp³-hybridized carbons (Fsp3) is 0.422. The fourth-order valence-corrected chi connectivity index (χ4v) is 9.20. The largest absolute Gasteiger partial charge is 0.369 e. The number of nitrogens with one attached hydrogen (secondary N) is 1. The summed E-state index contributed by atoms with van der Waals surface area (Å²) in [5.74, 6) is 0.580. The minimum absolute atomic E-state index is 0.200. The number of piperazine rings is 1. The molecule has 1 atom stereocenters. The molecule has 0 bridgehead atoms. The van der Waals surface area contributed by atoms with E-state index in [2.05, 4.69) is 72.9 Å². The molecule has 14 heteroatoms. The second kappa shape index (κ2) is 19.3. The van der Waals surface area contributed by atoms with E-state index in [4.69, 9.17) is 15.0 Å². The Morgan fingerprint density at radius 3 is 2.34 bits per heavy atom. The van der Waals surface area contributed by atoms with Gasteiger partial charge in [0.25, 0.3) is 0 Å². The summed E-state index contributed by atoms with van der Waals surface area (Å²) in [6.45, 7) is 10.2. The van der Waals surface area contributed by atoms with Crippen LogP contribution in [0.5, 0.6) is 0 Å². The number of aliphatic imine (C=N–C) groups is 1. The molecule has 4 aromatic rings. The number of amides is 1. The van der Waals surface area contributed by atoms with E-state index in [-0.39, 0.29) is 30.1 Å². The summed E-state index contributed by atoms with van der Waals surface area (Å²) in [5, 5.41) is 2.59. The van der Waals surface area contributed by atoms with E-state index >= 15 is 4.39 Å². The van der Waals surface area contributed by atoms with Crippen molar-refractivity contribution >= 4 is 63.1 Å². The third-order valence-electron chi connectivity index (χ3n) is 11.9. The van der Waals surface area contributed by atoms with Crippen molar-refractivity contribution in [2.75, 3.05) is 75.2 Å². The maximum atomic E-state index is 15.3. The number of benzene rings is 3. The zero-order valence-electron chi connectivity index (χ0n) is 34.4. The maximum absolute atomic E-state index is 15.3. The van der Waals surface area contributed by atoms with E-state index in [9.17, 15) is 18.8 Å². The van der Waals surface area contributed by atoms with Crippen molar-refractivity contribution < 1.29 is 23.2 Å². The first-order valence-corrected chi connectivity index (χ1v) is 20.9. The van der Waals surface area contributed by atoms with E-state index in [1.807, 2.05) is 43.7 Å². The fourth-order valence-electron chi connectivity index (χ4n) is 8.75. The number of carbonyl (C=O) groups is 3. The van der Waals surface area contributed by atoms with Crippen molar-refractivity contribution in [3.63, 3.8) is 0 Å². The van der Waals surface area contributed by atoms with Gasteiger partial charge in [-0.1, -0.05) is 24.3 Å². The molecule has 59 heavy (non-hydrogen) atoms. The summed E-state index contributed by atoms with van der Waals surface area (Å²) in [7, 11) is 3.84. The first kappa shape index (κ1) is 43.5. The SMILES string of the molecule is CF.CN=C1N(c2cccc(Br)c2C=O)c2cc(N3CCN(Cc4cnc(N5CCC(c6ccc(C(CCC=O)C(=O)NC)c(F)c6)CC5)cn4)CC3)ccc2C1(C)C. The van der Waals surface area contributed by atoms with Crippen molar-refractivity contribution in [3.05, 3.63) is 105 Å². The van der Waals surface area contributed by atoms with Crippen LogP contribution in [0.25, 0.3) is 0 Å². The van der Waals surface area contributed by atoms with Crippen molar-refractivity contribution in [3.8, 4) is 0 Å². The van der Waals surface area contributed by atoms with Crippen LogP contribution < -0.4 is 20.0 Å². The summed E-state index contributed by atoms with van der Waals surface area (Å²) in [4.78, 5) is 59.1. The second-order valence-electron chi connectivity index (χ2n) is 15.6. The van der Waals surface area contributed by atoms with Crippen molar-refractivity contribution in [2.45, 2.75) is 63.3 Å². The Morgan fingerprint density at radius 1 is 0.966 bits per heavy atom. The van der Waals surface area contributed by atoms with Gasteiger partial charge in [-0.3, -0.25) is 33.8 Å². The lowest BCUT2D eigenvalue weighted by molar-refractivity contribution is -0.122. The van der Waals surface area contributed by atoms with Gasteiger partial charge in [-0.2, -0.15) is 0 Å². The highest BCUT2D eigenvalue weighted by Gasteiger charge is 2.43. The summed E-state index contributed by atoms with van der Waals surface area (Å²) < 4.78 is 25.5. The minimum atomic E-state index is -0.688. The molecule has 0 spiro atoms. The Kier molecular flexibility index (Phi) is 14.2. The molecule has 2 saturated heterocycles. The van der Waals surface area contributed by atoms with Crippen LogP contribution in [-0.4, -0.2) is 99.7 Å². The number of aldehydes is 2. The van der Waals surface area contributed by atoms with Crippen LogP contribution >= 0.6 is 15.9 Å². The first-order chi connectivity index (χ1) is 28.6. The molecular formula is C45H53BrF2N8O3. The summed E-state index contributed by atoms with van der Waals surface area (Å²) >= 11 is 3.57. The molecule has 7 rings (SSSR count). The van der Waals surface area contributed by atoms with Crippen LogP contribution in [0.3, 0.4) is 0 Å². The van der Waals surface area contributed by atoms with Crippen LogP contribution in [-0.2, 0) is 21.5 Å². The molecule has 4 heterocycles. The van der Waals surface area contributed by atoms with Crippen LogP contribution in [0.4, 0.5) is 31.7 Å². The number of anilines is 4. The number of likely N-dealkylation sites (N-methyl/N-ethyl adjacent to an activating group) is 1. The molecule has 2 fully saturated rings. The quantitative estimate of drug-likeness (QED) is 0.143. The van der Waals surface area contributed by atoms with Crippen LogP contribution in [0.15, 0.2) is 76.5 Å². The molecule has 0 radical (unpaired) electrons. The number of rotatable bonds is 12. The number of aromatic nitrogens is 2. The van der Waals surface area contributed by atoms with Gasteiger partial charge >= 0.3 is 0 Å². The number of hydrogen-bond donors (Lipinski definition) is 1. The Labute approximate surface area is 354 Å². The highest BCUT2D eigenvalue weighted by Crippen LogP contribution is 2.48. The molecule has 0 saturated carbocycles. The highest BCUT2D eigenvalue weighted by molar-refractivity contribution is 9.10. The average Bonchev–Trinajstić information content (AvgIpc) is 3.49. The number of fused-ring (bicyclic) bond motifs is 1. The molecule has 3 aliphatic heterocycles. The lowest BCUT2D eigenvalue weighted by Crippen LogP contribution is -2.46. The second-order valence-corrected chi connectivity index (χ2v) is 16.4. The van der Waals surface area contributed by atoms with Gasteiger partial charge in [-0.05, 0) is 96.4 Å². The van der Waals surface area contributed by atoms with E-state index in [1.54, 1.807) is 12.1 Å². The third-order valence-corrected chi connectivity index (χ3v) is 12.6. The zero-order valence-corrected chi connectivity index (χ0v) is 36.0. The lowest BCUT2D eigenvalue weighted by Gasteiger charge is -2.36. The number of nitrogens with zero attached hydrogens (tertiary/aromatic N) is 7. The highest BCUT2D eigenvalue weighted by atomic mass is 79.9. The van der Waals surface area contributed by atoms with Gasteiger partial charge in [0.1, 0.15) is 23.8 Å². The first-order valence-electron chi connectivity index (χ1n) is 20.1. The van der Waals surface area contributed by atoms with E-state index < -0.39 is 11.7 Å². The predicted octanol–water partition coefficient (Wildman–Crippen LogP) is 7.75. The average molecular weight is 872 g/mol. The standard InChI is InChI=1S/C44H50BrFN8O3.CH3F/c1-44(2)36-13-11-32(24-40(36)54(43(44)48-4)39-9-5-8-37(45)35(39)28-56)52-20-18-51(19-21-52)27-31-25-50-41(26-49-31)53-16-14-29(15-17-53)30-10-12-33(38(46)23-30)34(7-6-22-55)42(57)47-3;1-2/h5,8-13,22-26,28-29,34H,6-7,14-21,27H2,1-4H3,(H,47,57);1H3. The van der Waals surface area contributed by atoms with Crippen LogP contribution in [0.2, 0.25) is 0 Å². The van der Waals surface area contributed by atoms with Crippen molar-refractivity contribution in [2.24, 2.45) is 4.99 Å². The molecule has 11 nitrogen and oxygen atoms in total. The van der Waals surface area contributed by atoms with Gasteiger partial charge in [0, 0.05) is 87.5 Å². The van der Waals surface area contributed by atoms with Crippen LogP contribution in [0.1, 0.15) is 84.1 Å². The molecule has 1 amide bonds. The Balaban J connectivity index is 0.00000288. The molecular weight excluding hydrogens is 818 g/mol. The summed E-state index contributed by atoms with van der Waals surface area (Å²) in [6.07, 6.45) is 7.60. The Hall–Kier alpha value is -5.08. The molecule has 1 unspecified atom stereocenters.